The molecule has 3 heteroatoms. The molecule has 1 aromatic rings. The Bertz CT molecular complexity index is 319. The van der Waals surface area contributed by atoms with Crippen molar-refractivity contribution in [3.05, 3.63) is 30.1 Å². The fourth-order valence-electron chi connectivity index (χ4n) is 1.95. The number of rotatable bonds is 5. The third-order valence-corrected chi connectivity index (χ3v) is 3.12. The van der Waals surface area contributed by atoms with Crippen LogP contribution in [0.5, 0.6) is 0 Å². The van der Waals surface area contributed by atoms with Gasteiger partial charge < -0.3 is 10.4 Å². The maximum Gasteiger partial charge on any atom is 0.0446 e. The van der Waals surface area contributed by atoms with Crippen molar-refractivity contribution in [3.63, 3.8) is 0 Å². The number of aliphatic hydroxyl groups is 1. The average Bonchev–Trinajstić information content (AvgIpc) is 2.28. The van der Waals surface area contributed by atoms with Crippen LogP contribution in [0.3, 0.4) is 0 Å². The van der Waals surface area contributed by atoms with Gasteiger partial charge in [-0.25, -0.2) is 0 Å². The van der Waals surface area contributed by atoms with Gasteiger partial charge in [0.05, 0.1) is 0 Å². The first-order valence-electron chi connectivity index (χ1n) is 6.22. The summed E-state index contributed by atoms with van der Waals surface area (Å²) in [6.45, 7) is 8.95. The van der Waals surface area contributed by atoms with Gasteiger partial charge in [-0.05, 0) is 36.5 Å². The van der Waals surface area contributed by atoms with Crippen LogP contribution in [0.2, 0.25) is 0 Å². The molecule has 0 aliphatic heterocycles. The third kappa shape index (κ3) is 4.44. The lowest BCUT2D eigenvalue weighted by atomic mass is 9.84. The maximum atomic E-state index is 9.13. The molecule has 2 N–H and O–H groups in total. The molecule has 0 aliphatic rings. The average molecular weight is 236 g/mol. The predicted molar refractivity (Wildman–Crippen MR) is 70.7 cm³/mol. The highest BCUT2D eigenvalue weighted by Gasteiger charge is 2.25. The first kappa shape index (κ1) is 14.1. The van der Waals surface area contributed by atoms with Crippen LogP contribution in [0.25, 0.3) is 0 Å². The van der Waals surface area contributed by atoms with Gasteiger partial charge in [-0.3, -0.25) is 4.98 Å². The molecule has 2 atom stereocenters. The summed E-state index contributed by atoms with van der Waals surface area (Å²) in [6, 6.07) is 4.62. The summed E-state index contributed by atoms with van der Waals surface area (Å²) in [5, 5.41) is 12.7. The molecule has 0 fully saturated rings. The van der Waals surface area contributed by atoms with Crippen LogP contribution >= 0.6 is 0 Å². The van der Waals surface area contributed by atoms with E-state index in [0.29, 0.717) is 6.04 Å². The number of nitrogens with zero attached hydrogens (tertiary/aromatic N) is 1. The summed E-state index contributed by atoms with van der Waals surface area (Å²) in [6.07, 6.45) is 4.40. The third-order valence-electron chi connectivity index (χ3n) is 3.12. The highest BCUT2D eigenvalue weighted by molar-refractivity contribution is 5.14. The number of aromatic nitrogens is 1. The molecule has 17 heavy (non-hydrogen) atoms. The normalized spacial score (nSPS) is 15.6. The van der Waals surface area contributed by atoms with Crippen LogP contribution in [-0.4, -0.2) is 22.7 Å². The van der Waals surface area contributed by atoms with E-state index in [1.807, 2.05) is 24.5 Å². The van der Waals surface area contributed by atoms with Crippen molar-refractivity contribution in [1.29, 1.82) is 0 Å². The Morgan fingerprint density at radius 2 is 1.88 bits per heavy atom. The monoisotopic (exact) mass is 236 g/mol. The van der Waals surface area contributed by atoms with Crippen LogP contribution in [0, 0.1) is 5.41 Å². The Balaban J connectivity index is 2.68. The zero-order valence-electron chi connectivity index (χ0n) is 11.3. The van der Waals surface area contributed by atoms with Crippen molar-refractivity contribution in [2.45, 2.75) is 46.2 Å². The van der Waals surface area contributed by atoms with Gasteiger partial charge in [0.15, 0.2) is 0 Å². The van der Waals surface area contributed by atoms with E-state index in [0.717, 1.165) is 6.42 Å². The molecule has 3 nitrogen and oxygen atoms in total. The fraction of sp³-hybridized carbons (Fsp3) is 0.643. The van der Waals surface area contributed by atoms with Crippen LogP contribution in [-0.2, 0) is 0 Å². The van der Waals surface area contributed by atoms with E-state index >= 15 is 0 Å². The molecule has 0 bridgehead atoms. The zero-order valence-corrected chi connectivity index (χ0v) is 11.3. The van der Waals surface area contributed by atoms with E-state index in [2.05, 4.69) is 38.0 Å². The van der Waals surface area contributed by atoms with Gasteiger partial charge in [0.2, 0.25) is 0 Å². The zero-order chi connectivity index (χ0) is 12.9. The first-order valence-corrected chi connectivity index (χ1v) is 6.22. The molecule has 1 aromatic heterocycles. The molecule has 96 valence electrons. The minimum atomic E-state index is 0.143. The molecule has 1 rings (SSSR count). The summed E-state index contributed by atoms with van der Waals surface area (Å²) in [5.41, 5.74) is 1.37. The molecule has 0 spiro atoms. The molecule has 2 unspecified atom stereocenters. The van der Waals surface area contributed by atoms with Gasteiger partial charge in [-0.15, -0.1) is 0 Å². The second-order valence-electron chi connectivity index (χ2n) is 5.60. The lowest BCUT2D eigenvalue weighted by molar-refractivity contribution is 0.188. The minimum Gasteiger partial charge on any atom is -0.396 e. The topological polar surface area (TPSA) is 45.1 Å². The molecule has 0 radical (unpaired) electrons. The fourth-order valence-corrected chi connectivity index (χ4v) is 1.95. The van der Waals surface area contributed by atoms with Crippen molar-refractivity contribution >= 4 is 0 Å². The quantitative estimate of drug-likeness (QED) is 0.825. The summed E-state index contributed by atoms with van der Waals surface area (Å²) in [5.74, 6) is 0. The van der Waals surface area contributed by atoms with Gasteiger partial charge in [-0.2, -0.15) is 0 Å². The Morgan fingerprint density at radius 3 is 2.35 bits per heavy atom. The van der Waals surface area contributed by atoms with Gasteiger partial charge in [0.1, 0.15) is 0 Å². The molecular weight excluding hydrogens is 212 g/mol. The van der Waals surface area contributed by atoms with Crippen molar-refractivity contribution in [2.24, 2.45) is 5.41 Å². The van der Waals surface area contributed by atoms with E-state index in [1.165, 1.54) is 5.56 Å². The highest BCUT2D eigenvalue weighted by atomic mass is 16.3. The largest absolute Gasteiger partial charge is 0.396 e. The Kier molecular flexibility index (Phi) is 5.09. The number of hydrogen-bond donors (Lipinski definition) is 2. The first-order chi connectivity index (χ1) is 7.95. The molecule has 0 aliphatic carbocycles. The second-order valence-corrected chi connectivity index (χ2v) is 5.60. The molecular formula is C14H24N2O. The van der Waals surface area contributed by atoms with E-state index in [-0.39, 0.29) is 18.1 Å². The predicted octanol–water partition coefficient (Wildman–Crippen LogP) is 2.53. The van der Waals surface area contributed by atoms with Crippen molar-refractivity contribution in [1.82, 2.24) is 10.3 Å². The Morgan fingerprint density at radius 1 is 1.29 bits per heavy atom. The summed E-state index contributed by atoms with van der Waals surface area (Å²) < 4.78 is 0. The van der Waals surface area contributed by atoms with Crippen LogP contribution < -0.4 is 5.32 Å². The number of aliphatic hydroxyl groups excluding tert-OH is 1. The maximum absolute atomic E-state index is 9.13. The summed E-state index contributed by atoms with van der Waals surface area (Å²) in [4.78, 5) is 4.02. The standard InChI is InChI=1S/C14H24N2O/c1-11(12-5-8-15-9-6-12)16-13(7-10-17)14(2,3)4/h5-6,8-9,11,13,16-17H,7,10H2,1-4H3. The van der Waals surface area contributed by atoms with Crippen LogP contribution in [0.4, 0.5) is 0 Å². The smallest absolute Gasteiger partial charge is 0.0446 e. The molecule has 0 aromatic carbocycles. The minimum absolute atomic E-state index is 0.143. The van der Waals surface area contributed by atoms with E-state index in [1.54, 1.807) is 0 Å². The van der Waals surface area contributed by atoms with Gasteiger partial charge in [0.25, 0.3) is 0 Å². The molecule has 0 amide bonds. The summed E-state index contributed by atoms with van der Waals surface area (Å²) in [7, 11) is 0. The van der Waals surface area contributed by atoms with Gasteiger partial charge in [-0.1, -0.05) is 20.8 Å². The van der Waals surface area contributed by atoms with E-state index in [4.69, 9.17) is 5.11 Å². The second kappa shape index (κ2) is 6.12. The summed E-state index contributed by atoms with van der Waals surface area (Å²) >= 11 is 0. The van der Waals surface area contributed by atoms with Crippen molar-refractivity contribution < 1.29 is 5.11 Å². The van der Waals surface area contributed by atoms with E-state index in [9.17, 15) is 0 Å². The number of nitrogens with one attached hydrogen (secondary N) is 1. The van der Waals surface area contributed by atoms with Gasteiger partial charge in [0, 0.05) is 31.1 Å². The van der Waals surface area contributed by atoms with Crippen molar-refractivity contribution in [3.8, 4) is 0 Å². The number of hydrogen-bond acceptors (Lipinski definition) is 3. The molecule has 1 heterocycles. The van der Waals surface area contributed by atoms with Gasteiger partial charge >= 0.3 is 0 Å². The van der Waals surface area contributed by atoms with Crippen LogP contribution in [0.15, 0.2) is 24.5 Å². The highest BCUT2D eigenvalue weighted by Crippen LogP contribution is 2.24. The van der Waals surface area contributed by atoms with E-state index < -0.39 is 0 Å². The van der Waals surface area contributed by atoms with Crippen molar-refractivity contribution in [2.75, 3.05) is 6.61 Å². The Labute approximate surface area is 104 Å². The SMILES string of the molecule is CC(NC(CCO)C(C)(C)C)c1ccncc1. The molecule has 0 saturated heterocycles. The molecule has 0 saturated carbocycles. The lowest BCUT2D eigenvalue weighted by Crippen LogP contribution is -2.42. The van der Waals surface area contributed by atoms with Crippen LogP contribution in [0.1, 0.15) is 45.7 Å². The lowest BCUT2D eigenvalue weighted by Gasteiger charge is -2.34. The Hall–Kier alpha value is -0.930. The number of pyridine rings is 1.